The van der Waals surface area contributed by atoms with Gasteiger partial charge in [0.2, 0.25) is 0 Å². The van der Waals surface area contributed by atoms with Gasteiger partial charge in [0.05, 0.1) is 11.4 Å². The fourth-order valence-corrected chi connectivity index (χ4v) is 1.82. The number of para-hydroxylation sites is 1. The van der Waals surface area contributed by atoms with Crippen LogP contribution in [0, 0.1) is 0 Å². The Morgan fingerprint density at radius 1 is 0.476 bits per heavy atom. The Morgan fingerprint density at radius 3 is 1.57 bits per heavy atom. The van der Waals surface area contributed by atoms with Crippen LogP contribution in [0.4, 0.5) is 11.4 Å². The van der Waals surface area contributed by atoms with Crippen molar-refractivity contribution >= 4 is 11.4 Å². The predicted molar refractivity (Wildman–Crippen MR) is 83.6 cm³/mol. The molecule has 0 unspecified atom stereocenters. The summed E-state index contributed by atoms with van der Waals surface area (Å²) in [4.78, 5) is 0. The van der Waals surface area contributed by atoms with E-state index in [9.17, 15) is 0 Å². The van der Waals surface area contributed by atoms with Crippen molar-refractivity contribution in [3.8, 4) is 11.5 Å². The van der Waals surface area contributed by atoms with E-state index in [1.54, 1.807) is 0 Å². The summed E-state index contributed by atoms with van der Waals surface area (Å²) in [5, 5.41) is 8.37. The Labute approximate surface area is 123 Å². The number of nitrogens with zero attached hydrogens (tertiary/aromatic N) is 2. The highest BCUT2D eigenvalue weighted by atomic mass is 16.5. The van der Waals surface area contributed by atoms with E-state index in [0.717, 1.165) is 22.9 Å². The van der Waals surface area contributed by atoms with Crippen molar-refractivity contribution < 1.29 is 4.74 Å². The van der Waals surface area contributed by atoms with E-state index in [0.29, 0.717) is 0 Å². The van der Waals surface area contributed by atoms with Crippen molar-refractivity contribution in [3.05, 3.63) is 84.9 Å². The molecule has 3 rings (SSSR count). The van der Waals surface area contributed by atoms with Gasteiger partial charge in [-0.2, -0.15) is 10.2 Å². The molecule has 0 saturated heterocycles. The second kappa shape index (κ2) is 6.48. The van der Waals surface area contributed by atoms with Crippen LogP contribution in [0.1, 0.15) is 0 Å². The number of benzene rings is 3. The first-order valence-electron chi connectivity index (χ1n) is 6.70. The van der Waals surface area contributed by atoms with Gasteiger partial charge in [-0.15, -0.1) is 0 Å². The third kappa shape index (κ3) is 3.76. The van der Waals surface area contributed by atoms with Crippen LogP contribution in [0.25, 0.3) is 0 Å². The molecule has 0 saturated carbocycles. The lowest BCUT2D eigenvalue weighted by atomic mass is 10.3. The van der Waals surface area contributed by atoms with Gasteiger partial charge in [-0.05, 0) is 48.5 Å². The Kier molecular flexibility index (Phi) is 4.03. The number of rotatable bonds is 4. The topological polar surface area (TPSA) is 34.0 Å². The molecule has 0 aliphatic carbocycles. The summed E-state index contributed by atoms with van der Waals surface area (Å²) in [6.45, 7) is 0. The van der Waals surface area contributed by atoms with Crippen LogP contribution >= 0.6 is 0 Å². The SMILES string of the molecule is c1ccc(N=Nc2ccc(Oc3ccccc3)cc2)cc1. The summed E-state index contributed by atoms with van der Waals surface area (Å²) in [5.41, 5.74) is 1.63. The quantitative estimate of drug-likeness (QED) is 0.546. The summed E-state index contributed by atoms with van der Waals surface area (Å²) in [6.07, 6.45) is 0. The first kappa shape index (κ1) is 13.1. The molecule has 0 radical (unpaired) electrons. The largest absolute Gasteiger partial charge is 0.457 e. The highest BCUT2D eigenvalue weighted by Gasteiger charge is 1.96. The maximum absolute atomic E-state index is 5.72. The molecular weight excluding hydrogens is 260 g/mol. The molecule has 0 amide bonds. The molecule has 3 nitrogen and oxygen atoms in total. The van der Waals surface area contributed by atoms with Crippen LogP contribution in [-0.2, 0) is 0 Å². The zero-order valence-electron chi connectivity index (χ0n) is 11.4. The van der Waals surface area contributed by atoms with Crippen molar-refractivity contribution in [3.63, 3.8) is 0 Å². The summed E-state index contributed by atoms with van der Waals surface area (Å²) >= 11 is 0. The summed E-state index contributed by atoms with van der Waals surface area (Å²) in [7, 11) is 0. The summed E-state index contributed by atoms with van der Waals surface area (Å²) in [5.74, 6) is 1.59. The smallest absolute Gasteiger partial charge is 0.127 e. The van der Waals surface area contributed by atoms with Gasteiger partial charge in [0.15, 0.2) is 0 Å². The van der Waals surface area contributed by atoms with Gasteiger partial charge in [-0.25, -0.2) is 0 Å². The molecule has 0 fully saturated rings. The first-order valence-corrected chi connectivity index (χ1v) is 6.70. The average molecular weight is 274 g/mol. The number of azo groups is 1. The minimum atomic E-state index is 0.778. The van der Waals surface area contributed by atoms with Crippen LogP contribution < -0.4 is 4.74 Å². The van der Waals surface area contributed by atoms with Crippen LogP contribution in [0.2, 0.25) is 0 Å². The van der Waals surface area contributed by atoms with E-state index in [4.69, 9.17) is 4.74 Å². The normalized spacial score (nSPS) is 10.7. The number of hydrogen-bond donors (Lipinski definition) is 0. The Bertz CT molecular complexity index is 707. The molecule has 21 heavy (non-hydrogen) atoms. The molecule has 3 aromatic carbocycles. The first-order chi connectivity index (χ1) is 10.4. The van der Waals surface area contributed by atoms with Crippen LogP contribution in [-0.4, -0.2) is 0 Å². The van der Waals surface area contributed by atoms with Gasteiger partial charge < -0.3 is 4.74 Å². The van der Waals surface area contributed by atoms with Gasteiger partial charge in [0, 0.05) is 0 Å². The Morgan fingerprint density at radius 2 is 0.952 bits per heavy atom. The van der Waals surface area contributed by atoms with Crippen molar-refractivity contribution in [2.45, 2.75) is 0 Å². The van der Waals surface area contributed by atoms with Gasteiger partial charge in [0.25, 0.3) is 0 Å². The van der Waals surface area contributed by atoms with Gasteiger partial charge >= 0.3 is 0 Å². The second-order valence-corrected chi connectivity index (χ2v) is 4.44. The minimum Gasteiger partial charge on any atom is -0.457 e. The fourth-order valence-electron chi connectivity index (χ4n) is 1.82. The third-order valence-corrected chi connectivity index (χ3v) is 2.85. The highest BCUT2D eigenvalue weighted by molar-refractivity contribution is 5.43. The molecule has 0 aliphatic heterocycles. The molecule has 0 aliphatic rings. The van der Waals surface area contributed by atoms with Crippen molar-refractivity contribution in [1.82, 2.24) is 0 Å². The van der Waals surface area contributed by atoms with E-state index >= 15 is 0 Å². The van der Waals surface area contributed by atoms with E-state index in [2.05, 4.69) is 10.2 Å². The molecule has 0 aromatic heterocycles. The molecule has 0 atom stereocenters. The number of ether oxygens (including phenoxy) is 1. The van der Waals surface area contributed by atoms with Crippen LogP contribution in [0.3, 0.4) is 0 Å². The van der Waals surface area contributed by atoms with Crippen LogP contribution in [0.5, 0.6) is 11.5 Å². The zero-order chi connectivity index (χ0) is 14.3. The Balaban J connectivity index is 1.68. The van der Waals surface area contributed by atoms with E-state index in [1.165, 1.54) is 0 Å². The molecule has 102 valence electrons. The molecule has 0 heterocycles. The average Bonchev–Trinajstić information content (AvgIpc) is 2.56. The fraction of sp³-hybridized carbons (Fsp3) is 0. The monoisotopic (exact) mass is 274 g/mol. The molecule has 0 N–H and O–H groups in total. The van der Waals surface area contributed by atoms with Gasteiger partial charge in [-0.3, -0.25) is 0 Å². The second-order valence-electron chi connectivity index (χ2n) is 4.44. The molecule has 0 spiro atoms. The molecule has 3 aromatic rings. The minimum absolute atomic E-state index is 0.778. The lowest BCUT2D eigenvalue weighted by Gasteiger charge is -2.04. The molecule has 3 heteroatoms. The highest BCUT2D eigenvalue weighted by Crippen LogP contribution is 2.24. The van der Waals surface area contributed by atoms with E-state index in [-0.39, 0.29) is 0 Å². The lowest BCUT2D eigenvalue weighted by Crippen LogP contribution is -1.82. The van der Waals surface area contributed by atoms with Gasteiger partial charge in [0.1, 0.15) is 11.5 Å². The predicted octanol–water partition coefficient (Wildman–Crippen LogP) is 5.89. The maximum atomic E-state index is 5.72. The van der Waals surface area contributed by atoms with Crippen LogP contribution in [0.15, 0.2) is 95.2 Å². The zero-order valence-corrected chi connectivity index (χ0v) is 11.4. The molecule has 0 bridgehead atoms. The summed E-state index contributed by atoms with van der Waals surface area (Å²) < 4.78 is 5.72. The Hall–Kier alpha value is -2.94. The van der Waals surface area contributed by atoms with Crippen molar-refractivity contribution in [2.24, 2.45) is 10.2 Å². The maximum Gasteiger partial charge on any atom is 0.127 e. The summed E-state index contributed by atoms with van der Waals surface area (Å²) in [6, 6.07) is 26.9. The third-order valence-electron chi connectivity index (χ3n) is 2.85. The van der Waals surface area contributed by atoms with Crippen molar-refractivity contribution in [2.75, 3.05) is 0 Å². The number of hydrogen-bond acceptors (Lipinski definition) is 3. The van der Waals surface area contributed by atoms with E-state index in [1.807, 2.05) is 84.9 Å². The lowest BCUT2D eigenvalue weighted by molar-refractivity contribution is 0.483. The standard InChI is InChI=1S/C18H14N2O/c1-3-7-15(8-4-1)19-20-16-11-13-18(14-12-16)21-17-9-5-2-6-10-17/h1-14H. The van der Waals surface area contributed by atoms with Gasteiger partial charge in [-0.1, -0.05) is 36.4 Å². The van der Waals surface area contributed by atoms with E-state index < -0.39 is 0 Å². The van der Waals surface area contributed by atoms with Crippen molar-refractivity contribution in [1.29, 1.82) is 0 Å². The molecular formula is C18H14N2O.